The zero-order valence-corrected chi connectivity index (χ0v) is 9.48. The number of carbonyl (C=O) groups is 1. The first-order valence-corrected chi connectivity index (χ1v) is 5.32. The summed E-state index contributed by atoms with van der Waals surface area (Å²) in [6.45, 7) is 2.01. The molecule has 1 aromatic carbocycles. The van der Waals surface area contributed by atoms with Crippen LogP contribution in [0, 0.1) is 6.92 Å². The van der Waals surface area contributed by atoms with Crippen LogP contribution in [0.15, 0.2) is 30.5 Å². The lowest BCUT2D eigenvalue weighted by atomic mass is 10.2. The second-order valence-corrected chi connectivity index (χ2v) is 3.71. The van der Waals surface area contributed by atoms with Gasteiger partial charge in [-0.05, 0) is 19.1 Å². The smallest absolute Gasteiger partial charge is 0.199 e. The summed E-state index contributed by atoms with van der Waals surface area (Å²) >= 11 is 5.44. The standard InChI is InChI=1S/C11H10ClN3O/c1-8-2-4-9(5-3-8)15-7-10(13-14-15)11(16)6-12/h2-5,7H,6H2,1H3. The largest absolute Gasteiger partial charge is 0.291 e. The number of alkyl halides is 1. The van der Waals surface area contributed by atoms with Crippen molar-refractivity contribution in [3.05, 3.63) is 41.7 Å². The second-order valence-electron chi connectivity index (χ2n) is 3.44. The summed E-state index contributed by atoms with van der Waals surface area (Å²) in [5.41, 5.74) is 2.32. The molecule has 0 aliphatic rings. The molecule has 0 spiro atoms. The molecular weight excluding hydrogens is 226 g/mol. The molecule has 1 heterocycles. The Labute approximate surface area is 97.8 Å². The molecule has 0 saturated heterocycles. The summed E-state index contributed by atoms with van der Waals surface area (Å²) in [6.07, 6.45) is 1.58. The molecule has 0 aliphatic heterocycles. The minimum Gasteiger partial charge on any atom is -0.291 e. The Morgan fingerprint density at radius 3 is 2.69 bits per heavy atom. The highest BCUT2D eigenvalue weighted by Crippen LogP contribution is 2.08. The third kappa shape index (κ3) is 2.12. The average molecular weight is 236 g/mol. The van der Waals surface area contributed by atoms with Gasteiger partial charge in [0.05, 0.1) is 17.8 Å². The number of ketones is 1. The molecule has 0 bridgehead atoms. The first kappa shape index (κ1) is 10.8. The lowest BCUT2D eigenvalue weighted by Crippen LogP contribution is -2.00. The molecule has 5 heteroatoms. The van der Waals surface area contributed by atoms with Crippen molar-refractivity contribution in [1.29, 1.82) is 0 Å². The number of benzene rings is 1. The Balaban J connectivity index is 2.31. The van der Waals surface area contributed by atoms with E-state index in [2.05, 4.69) is 10.3 Å². The Morgan fingerprint density at radius 1 is 1.38 bits per heavy atom. The van der Waals surface area contributed by atoms with Crippen molar-refractivity contribution in [2.75, 3.05) is 5.88 Å². The number of nitrogens with zero attached hydrogens (tertiary/aromatic N) is 3. The summed E-state index contributed by atoms with van der Waals surface area (Å²) in [7, 11) is 0. The van der Waals surface area contributed by atoms with Crippen LogP contribution in [-0.2, 0) is 0 Å². The zero-order valence-electron chi connectivity index (χ0n) is 8.72. The van der Waals surface area contributed by atoms with Gasteiger partial charge in [0.25, 0.3) is 0 Å². The van der Waals surface area contributed by atoms with Crippen molar-refractivity contribution in [3.8, 4) is 5.69 Å². The molecule has 2 aromatic rings. The molecule has 0 radical (unpaired) electrons. The van der Waals surface area contributed by atoms with Gasteiger partial charge in [-0.2, -0.15) is 0 Å². The van der Waals surface area contributed by atoms with E-state index in [4.69, 9.17) is 11.6 Å². The summed E-state index contributed by atoms with van der Waals surface area (Å²) in [5, 5.41) is 7.64. The van der Waals surface area contributed by atoms with Crippen LogP contribution in [0.3, 0.4) is 0 Å². The van der Waals surface area contributed by atoms with Crippen molar-refractivity contribution in [1.82, 2.24) is 15.0 Å². The molecule has 0 N–H and O–H groups in total. The molecule has 2 rings (SSSR count). The van der Waals surface area contributed by atoms with Gasteiger partial charge in [-0.1, -0.05) is 22.9 Å². The van der Waals surface area contributed by atoms with E-state index in [9.17, 15) is 4.79 Å². The molecule has 0 unspecified atom stereocenters. The third-order valence-corrected chi connectivity index (χ3v) is 2.44. The molecule has 0 fully saturated rings. The maximum absolute atomic E-state index is 11.3. The maximum atomic E-state index is 11.3. The number of rotatable bonds is 3. The first-order valence-electron chi connectivity index (χ1n) is 4.79. The minimum atomic E-state index is -0.222. The normalized spacial score (nSPS) is 10.4. The van der Waals surface area contributed by atoms with Crippen molar-refractivity contribution < 1.29 is 4.79 Å². The van der Waals surface area contributed by atoms with Crippen LogP contribution < -0.4 is 0 Å². The van der Waals surface area contributed by atoms with Crippen LogP contribution in [0.2, 0.25) is 0 Å². The lowest BCUT2D eigenvalue weighted by Gasteiger charge is -1.99. The van der Waals surface area contributed by atoms with Crippen LogP contribution in [-0.4, -0.2) is 26.7 Å². The van der Waals surface area contributed by atoms with Gasteiger partial charge in [-0.25, -0.2) is 4.68 Å². The molecule has 4 nitrogen and oxygen atoms in total. The van der Waals surface area contributed by atoms with E-state index >= 15 is 0 Å². The summed E-state index contributed by atoms with van der Waals surface area (Å²) in [4.78, 5) is 11.3. The lowest BCUT2D eigenvalue weighted by molar-refractivity contribution is 0.101. The van der Waals surface area contributed by atoms with E-state index in [1.807, 2.05) is 31.2 Å². The van der Waals surface area contributed by atoms with Crippen LogP contribution in [0.1, 0.15) is 16.1 Å². The predicted molar refractivity (Wildman–Crippen MR) is 61.1 cm³/mol. The van der Waals surface area contributed by atoms with Gasteiger partial charge in [0, 0.05) is 0 Å². The number of hydrogen-bond acceptors (Lipinski definition) is 3. The van der Waals surface area contributed by atoms with E-state index in [0.717, 1.165) is 5.69 Å². The van der Waals surface area contributed by atoms with E-state index < -0.39 is 0 Å². The molecule has 0 saturated carbocycles. The first-order chi connectivity index (χ1) is 7.70. The number of aromatic nitrogens is 3. The van der Waals surface area contributed by atoms with Crippen molar-refractivity contribution in [2.45, 2.75) is 6.92 Å². The second kappa shape index (κ2) is 4.45. The Hall–Kier alpha value is -1.68. The highest BCUT2D eigenvalue weighted by atomic mass is 35.5. The fourth-order valence-corrected chi connectivity index (χ4v) is 1.42. The van der Waals surface area contributed by atoms with Crippen molar-refractivity contribution in [2.24, 2.45) is 0 Å². The quantitative estimate of drug-likeness (QED) is 0.604. The molecule has 0 amide bonds. The molecule has 0 aliphatic carbocycles. The molecule has 16 heavy (non-hydrogen) atoms. The molecule has 1 aromatic heterocycles. The van der Waals surface area contributed by atoms with Gasteiger partial charge >= 0.3 is 0 Å². The van der Waals surface area contributed by atoms with Crippen LogP contribution in [0.25, 0.3) is 5.69 Å². The fourth-order valence-electron chi connectivity index (χ4n) is 1.28. The van der Waals surface area contributed by atoms with Gasteiger partial charge in [-0.3, -0.25) is 4.79 Å². The summed E-state index contributed by atoms with van der Waals surface area (Å²) < 4.78 is 1.55. The van der Waals surface area contributed by atoms with Gasteiger partial charge in [0.1, 0.15) is 5.69 Å². The zero-order chi connectivity index (χ0) is 11.5. The average Bonchev–Trinajstić information content (AvgIpc) is 2.78. The van der Waals surface area contributed by atoms with Gasteiger partial charge < -0.3 is 0 Å². The summed E-state index contributed by atoms with van der Waals surface area (Å²) in [5.74, 6) is -0.299. The number of Topliss-reactive ketones (excluding diaryl/α,β-unsaturated/α-hetero) is 1. The highest BCUT2D eigenvalue weighted by Gasteiger charge is 2.09. The Kier molecular flexibility index (Phi) is 3.01. The number of carbonyl (C=O) groups excluding carboxylic acids is 1. The number of hydrogen-bond donors (Lipinski definition) is 0. The van der Waals surface area contributed by atoms with E-state index in [0.29, 0.717) is 0 Å². The van der Waals surface area contributed by atoms with E-state index in [1.165, 1.54) is 5.56 Å². The van der Waals surface area contributed by atoms with Crippen LogP contribution in [0.4, 0.5) is 0 Å². The van der Waals surface area contributed by atoms with Crippen LogP contribution in [0.5, 0.6) is 0 Å². The Morgan fingerprint density at radius 2 is 2.06 bits per heavy atom. The fraction of sp³-hybridized carbons (Fsp3) is 0.182. The van der Waals surface area contributed by atoms with Gasteiger partial charge in [0.15, 0.2) is 5.78 Å². The predicted octanol–water partition coefficient (Wildman–Crippen LogP) is 2.00. The van der Waals surface area contributed by atoms with E-state index in [1.54, 1.807) is 10.9 Å². The summed E-state index contributed by atoms with van der Waals surface area (Å²) in [6, 6.07) is 7.78. The topological polar surface area (TPSA) is 47.8 Å². The van der Waals surface area contributed by atoms with Gasteiger partial charge in [-0.15, -0.1) is 16.7 Å². The molecule has 82 valence electrons. The number of halogens is 1. The van der Waals surface area contributed by atoms with Crippen molar-refractivity contribution in [3.63, 3.8) is 0 Å². The third-order valence-electron chi connectivity index (χ3n) is 2.20. The Bertz CT molecular complexity index is 504. The SMILES string of the molecule is Cc1ccc(-n2cc(C(=O)CCl)nn2)cc1. The van der Waals surface area contributed by atoms with Crippen LogP contribution >= 0.6 is 11.6 Å². The number of aryl methyl sites for hydroxylation is 1. The van der Waals surface area contributed by atoms with E-state index in [-0.39, 0.29) is 17.4 Å². The molecular formula is C11H10ClN3O. The monoisotopic (exact) mass is 235 g/mol. The molecule has 0 atom stereocenters. The van der Waals surface area contributed by atoms with Gasteiger partial charge in [0.2, 0.25) is 0 Å². The highest BCUT2D eigenvalue weighted by molar-refractivity contribution is 6.30. The minimum absolute atomic E-state index is 0.0768. The maximum Gasteiger partial charge on any atom is 0.199 e. The van der Waals surface area contributed by atoms with Crippen molar-refractivity contribution >= 4 is 17.4 Å².